The Kier molecular flexibility index (Phi) is 6.67. The van der Waals surface area contributed by atoms with Crippen molar-refractivity contribution in [3.63, 3.8) is 0 Å². The molecule has 5 heteroatoms. The molecule has 4 nitrogen and oxygen atoms in total. The van der Waals surface area contributed by atoms with Crippen molar-refractivity contribution in [2.24, 2.45) is 0 Å². The van der Waals surface area contributed by atoms with Crippen LogP contribution in [-0.4, -0.2) is 23.8 Å². The fraction of sp³-hybridized carbons (Fsp3) is 0.500. The fourth-order valence-electron chi connectivity index (χ4n) is 1.66. The van der Waals surface area contributed by atoms with Gasteiger partial charge in [0.05, 0.1) is 12.1 Å². The van der Waals surface area contributed by atoms with E-state index in [0.29, 0.717) is 24.4 Å². The number of amides is 2. The molecule has 0 aromatic heterocycles. The summed E-state index contributed by atoms with van der Waals surface area (Å²) in [6, 6.07) is 7.03. The lowest BCUT2D eigenvalue weighted by Gasteiger charge is -2.16. The number of nitrogens with one attached hydrogen (secondary N) is 2. The molecular formula is C14H21ClN2O2. The van der Waals surface area contributed by atoms with Crippen molar-refractivity contribution in [2.45, 2.75) is 38.8 Å². The minimum absolute atomic E-state index is 0.116. The third kappa shape index (κ3) is 5.94. The topological polar surface area (TPSA) is 61.4 Å². The second-order valence-corrected chi connectivity index (χ2v) is 4.96. The van der Waals surface area contributed by atoms with Crippen LogP contribution in [-0.2, 0) is 0 Å². The number of benzene rings is 1. The molecule has 1 aromatic rings. The molecule has 3 N–H and O–H groups in total. The molecule has 0 radical (unpaired) electrons. The summed E-state index contributed by atoms with van der Waals surface area (Å²) in [5, 5.41) is 15.6. The maximum atomic E-state index is 11.6. The van der Waals surface area contributed by atoms with Gasteiger partial charge in [-0.2, -0.15) is 0 Å². The average Bonchev–Trinajstić information content (AvgIpc) is 2.38. The van der Waals surface area contributed by atoms with Crippen molar-refractivity contribution < 1.29 is 9.90 Å². The smallest absolute Gasteiger partial charge is 0.315 e. The summed E-state index contributed by atoms with van der Waals surface area (Å²) in [7, 11) is 0. The molecular weight excluding hydrogens is 264 g/mol. The van der Waals surface area contributed by atoms with Gasteiger partial charge in [-0.1, -0.05) is 30.7 Å². The van der Waals surface area contributed by atoms with Crippen molar-refractivity contribution in [3.05, 3.63) is 34.9 Å². The zero-order chi connectivity index (χ0) is 14.3. The van der Waals surface area contributed by atoms with E-state index in [0.717, 1.165) is 5.56 Å². The van der Waals surface area contributed by atoms with E-state index in [-0.39, 0.29) is 18.2 Å². The maximum absolute atomic E-state index is 11.6. The highest BCUT2D eigenvalue weighted by atomic mass is 35.5. The van der Waals surface area contributed by atoms with Crippen molar-refractivity contribution in [1.29, 1.82) is 0 Å². The van der Waals surface area contributed by atoms with Gasteiger partial charge in [0.2, 0.25) is 0 Å². The van der Waals surface area contributed by atoms with Gasteiger partial charge in [-0.3, -0.25) is 0 Å². The maximum Gasteiger partial charge on any atom is 0.315 e. The number of urea groups is 1. The first kappa shape index (κ1) is 15.8. The van der Waals surface area contributed by atoms with E-state index in [1.807, 2.05) is 32.0 Å². The molecule has 0 aliphatic rings. The SMILES string of the molecule is CCC(O)CCNC(=O)NC(C)c1cccc(Cl)c1. The summed E-state index contributed by atoms with van der Waals surface area (Å²) in [5.41, 5.74) is 0.955. The van der Waals surface area contributed by atoms with Crippen molar-refractivity contribution >= 4 is 17.6 Å². The lowest BCUT2D eigenvalue weighted by atomic mass is 10.1. The summed E-state index contributed by atoms with van der Waals surface area (Å²) >= 11 is 5.90. The third-order valence-electron chi connectivity index (χ3n) is 2.93. The number of rotatable bonds is 6. The number of aliphatic hydroxyl groups is 1. The molecule has 0 heterocycles. The molecule has 1 rings (SSSR count). The molecule has 0 saturated carbocycles. The van der Waals surface area contributed by atoms with Crippen molar-refractivity contribution in [2.75, 3.05) is 6.54 Å². The van der Waals surface area contributed by atoms with Gasteiger partial charge in [0, 0.05) is 11.6 Å². The lowest BCUT2D eigenvalue weighted by Crippen LogP contribution is -2.38. The normalized spacial score (nSPS) is 13.7. The zero-order valence-corrected chi connectivity index (χ0v) is 12.1. The van der Waals surface area contributed by atoms with Gasteiger partial charge in [-0.15, -0.1) is 0 Å². The van der Waals surface area contributed by atoms with Crippen LogP contribution >= 0.6 is 11.6 Å². The first-order valence-electron chi connectivity index (χ1n) is 6.50. The van der Waals surface area contributed by atoms with Crippen LogP contribution < -0.4 is 10.6 Å². The number of carbonyl (C=O) groups is 1. The largest absolute Gasteiger partial charge is 0.393 e. The molecule has 1 aromatic carbocycles. The molecule has 2 amide bonds. The standard InChI is InChI=1S/C14H21ClN2O2/c1-3-13(18)7-8-16-14(19)17-10(2)11-5-4-6-12(15)9-11/h4-6,9-10,13,18H,3,7-8H2,1-2H3,(H2,16,17,19). The van der Waals surface area contributed by atoms with E-state index in [1.165, 1.54) is 0 Å². The molecule has 2 atom stereocenters. The van der Waals surface area contributed by atoms with Crippen LogP contribution in [0.5, 0.6) is 0 Å². The van der Waals surface area contributed by atoms with E-state index >= 15 is 0 Å². The van der Waals surface area contributed by atoms with Crippen LogP contribution in [0.3, 0.4) is 0 Å². The molecule has 2 unspecified atom stereocenters. The van der Waals surface area contributed by atoms with E-state index in [2.05, 4.69) is 10.6 Å². The van der Waals surface area contributed by atoms with E-state index in [4.69, 9.17) is 11.6 Å². The Balaban J connectivity index is 2.36. The molecule has 19 heavy (non-hydrogen) atoms. The monoisotopic (exact) mass is 284 g/mol. The summed E-state index contributed by atoms with van der Waals surface area (Å²) in [6.07, 6.45) is 0.906. The van der Waals surface area contributed by atoms with Crippen molar-refractivity contribution in [3.8, 4) is 0 Å². The molecule has 0 fully saturated rings. The highest BCUT2D eigenvalue weighted by Gasteiger charge is 2.09. The van der Waals surface area contributed by atoms with Crippen LogP contribution in [0.2, 0.25) is 5.02 Å². The van der Waals surface area contributed by atoms with E-state index in [9.17, 15) is 9.90 Å². The van der Waals surface area contributed by atoms with Gasteiger partial charge in [-0.25, -0.2) is 4.79 Å². The van der Waals surface area contributed by atoms with Gasteiger partial charge in [0.25, 0.3) is 0 Å². The van der Waals surface area contributed by atoms with Crippen molar-refractivity contribution in [1.82, 2.24) is 10.6 Å². The summed E-state index contributed by atoms with van der Waals surface area (Å²) in [4.78, 5) is 11.6. The predicted octanol–water partition coefficient (Wildman–Crippen LogP) is 2.86. The highest BCUT2D eigenvalue weighted by Crippen LogP contribution is 2.16. The molecule has 0 bridgehead atoms. The van der Waals surface area contributed by atoms with Gasteiger partial charge in [0.1, 0.15) is 0 Å². The van der Waals surface area contributed by atoms with Gasteiger partial charge in [-0.05, 0) is 37.5 Å². The Bertz CT molecular complexity index is 412. The van der Waals surface area contributed by atoms with Crippen LogP contribution in [0, 0.1) is 0 Å². The lowest BCUT2D eigenvalue weighted by molar-refractivity contribution is 0.160. The predicted molar refractivity (Wildman–Crippen MR) is 77.3 cm³/mol. The van der Waals surface area contributed by atoms with Crippen LogP contribution in [0.1, 0.15) is 38.3 Å². The molecule has 0 spiro atoms. The highest BCUT2D eigenvalue weighted by molar-refractivity contribution is 6.30. The Labute approximate surface area is 119 Å². The van der Waals surface area contributed by atoms with Gasteiger partial charge in [0.15, 0.2) is 0 Å². The Morgan fingerprint density at radius 2 is 2.21 bits per heavy atom. The molecule has 0 saturated heterocycles. The molecule has 0 aliphatic heterocycles. The second kappa shape index (κ2) is 8.02. The summed E-state index contributed by atoms with van der Waals surface area (Å²) in [6.45, 7) is 4.27. The molecule has 0 aliphatic carbocycles. The third-order valence-corrected chi connectivity index (χ3v) is 3.17. The van der Waals surface area contributed by atoms with Crippen LogP contribution in [0.4, 0.5) is 4.79 Å². The zero-order valence-electron chi connectivity index (χ0n) is 11.3. The Morgan fingerprint density at radius 3 is 2.84 bits per heavy atom. The average molecular weight is 285 g/mol. The first-order chi connectivity index (χ1) is 9.02. The minimum atomic E-state index is -0.356. The minimum Gasteiger partial charge on any atom is -0.393 e. The van der Waals surface area contributed by atoms with Gasteiger partial charge >= 0.3 is 6.03 Å². The Morgan fingerprint density at radius 1 is 1.47 bits per heavy atom. The number of carbonyl (C=O) groups excluding carboxylic acids is 1. The van der Waals surface area contributed by atoms with E-state index in [1.54, 1.807) is 6.07 Å². The van der Waals surface area contributed by atoms with Crippen LogP contribution in [0.15, 0.2) is 24.3 Å². The van der Waals surface area contributed by atoms with Gasteiger partial charge < -0.3 is 15.7 Å². The van der Waals surface area contributed by atoms with E-state index < -0.39 is 0 Å². The number of aliphatic hydroxyl groups excluding tert-OH is 1. The molecule has 106 valence electrons. The first-order valence-corrected chi connectivity index (χ1v) is 6.88. The quantitative estimate of drug-likeness (QED) is 0.752. The number of hydrogen-bond acceptors (Lipinski definition) is 2. The van der Waals surface area contributed by atoms with Crippen LogP contribution in [0.25, 0.3) is 0 Å². The second-order valence-electron chi connectivity index (χ2n) is 4.53. The summed E-state index contributed by atoms with van der Waals surface area (Å²) in [5.74, 6) is 0. The number of hydrogen-bond donors (Lipinski definition) is 3. The number of halogens is 1. The summed E-state index contributed by atoms with van der Waals surface area (Å²) < 4.78 is 0. The Hall–Kier alpha value is -1.26. The fourth-order valence-corrected chi connectivity index (χ4v) is 1.86.